The minimum atomic E-state index is -0.00655. The molecule has 4 rings (SSSR count). The number of hydrogen-bond acceptors (Lipinski definition) is 4. The van der Waals surface area contributed by atoms with Crippen molar-refractivity contribution in [2.45, 2.75) is 12.5 Å². The van der Waals surface area contributed by atoms with Gasteiger partial charge in [0.2, 0.25) is 0 Å². The van der Waals surface area contributed by atoms with Crippen LogP contribution in [0.15, 0.2) is 42.5 Å². The highest BCUT2D eigenvalue weighted by Gasteiger charge is 2.31. The molecule has 2 aliphatic heterocycles. The van der Waals surface area contributed by atoms with Crippen LogP contribution in [0.5, 0.6) is 0 Å². The number of nitrogens with one attached hydrogen (secondary N) is 1. The highest BCUT2D eigenvalue weighted by molar-refractivity contribution is 5.98. The fourth-order valence-electron chi connectivity index (χ4n) is 3.99. The molecule has 138 valence electrons. The van der Waals surface area contributed by atoms with E-state index in [1.165, 1.54) is 0 Å². The van der Waals surface area contributed by atoms with Gasteiger partial charge in [0, 0.05) is 43.8 Å². The number of carbonyl (C=O) groups is 1. The Morgan fingerprint density at radius 2 is 1.88 bits per heavy atom. The van der Waals surface area contributed by atoms with Gasteiger partial charge in [-0.1, -0.05) is 30.3 Å². The molecule has 5 nitrogen and oxygen atoms in total. The Kier molecular flexibility index (Phi) is 5.48. The van der Waals surface area contributed by atoms with Crippen LogP contribution in [0.4, 0.5) is 0 Å². The Bertz CT molecular complexity index is 752. The first-order chi connectivity index (χ1) is 12.8. The molecular weight excluding hydrogens is 328 g/mol. The molecule has 1 amide bonds. The molecule has 0 aromatic heterocycles. The van der Waals surface area contributed by atoms with Crippen molar-refractivity contribution in [1.29, 1.82) is 0 Å². The van der Waals surface area contributed by atoms with Crippen molar-refractivity contribution in [2.24, 2.45) is 5.92 Å². The van der Waals surface area contributed by atoms with Crippen LogP contribution in [0.2, 0.25) is 0 Å². The molecule has 0 saturated carbocycles. The van der Waals surface area contributed by atoms with Crippen molar-refractivity contribution >= 4 is 16.7 Å². The first-order valence-corrected chi connectivity index (χ1v) is 9.48. The van der Waals surface area contributed by atoms with Crippen molar-refractivity contribution in [3.05, 3.63) is 48.0 Å². The van der Waals surface area contributed by atoms with Gasteiger partial charge in [-0.2, -0.15) is 0 Å². The summed E-state index contributed by atoms with van der Waals surface area (Å²) in [5, 5.41) is 5.40. The summed E-state index contributed by atoms with van der Waals surface area (Å²) in [5.41, 5.74) is 0.715. The van der Waals surface area contributed by atoms with E-state index in [1.807, 2.05) is 36.4 Å². The maximum Gasteiger partial charge on any atom is 0.251 e. The van der Waals surface area contributed by atoms with Crippen molar-refractivity contribution in [3.8, 4) is 0 Å². The van der Waals surface area contributed by atoms with E-state index in [1.54, 1.807) is 0 Å². The molecule has 0 radical (unpaired) electrons. The molecule has 0 spiro atoms. The average Bonchev–Trinajstić information content (AvgIpc) is 3.23. The molecule has 0 aliphatic carbocycles. The zero-order valence-corrected chi connectivity index (χ0v) is 15.0. The Morgan fingerprint density at radius 3 is 2.65 bits per heavy atom. The molecule has 2 aromatic carbocycles. The lowest BCUT2D eigenvalue weighted by molar-refractivity contribution is 0.00166. The third kappa shape index (κ3) is 3.90. The van der Waals surface area contributed by atoms with Crippen LogP contribution in [0, 0.1) is 5.92 Å². The fourth-order valence-corrected chi connectivity index (χ4v) is 3.99. The highest BCUT2D eigenvalue weighted by atomic mass is 16.5. The summed E-state index contributed by atoms with van der Waals surface area (Å²) >= 11 is 0. The van der Waals surface area contributed by atoms with Crippen LogP contribution in [-0.4, -0.2) is 62.9 Å². The van der Waals surface area contributed by atoms with Gasteiger partial charge in [0.15, 0.2) is 0 Å². The van der Waals surface area contributed by atoms with Gasteiger partial charge < -0.3 is 14.8 Å². The second kappa shape index (κ2) is 8.16. The maximum absolute atomic E-state index is 12.7. The Balaban J connectivity index is 1.44. The number of benzene rings is 2. The van der Waals surface area contributed by atoms with Gasteiger partial charge in [-0.25, -0.2) is 0 Å². The number of fused-ring (bicyclic) bond motifs is 1. The van der Waals surface area contributed by atoms with Gasteiger partial charge in [0.05, 0.1) is 19.8 Å². The van der Waals surface area contributed by atoms with Crippen LogP contribution in [0.3, 0.4) is 0 Å². The molecule has 2 fully saturated rings. The standard InChI is InChI=1S/C21H26N2O3/c24-21(18-6-5-16-3-1-2-4-17(16)13-18)22-14-20(19-7-10-26-15-19)23-8-11-25-12-9-23/h1-6,13,19-20H,7-12,14-15H2,(H,22,24). The molecule has 2 aromatic rings. The Labute approximate surface area is 154 Å². The van der Waals surface area contributed by atoms with E-state index < -0.39 is 0 Å². The molecule has 2 saturated heterocycles. The lowest BCUT2D eigenvalue weighted by atomic mass is 9.96. The fraction of sp³-hybridized carbons (Fsp3) is 0.476. The highest BCUT2D eigenvalue weighted by Crippen LogP contribution is 2.22. The Morgan fingerprint density at radius 1 is 1.08 bits per heavy atom. The summed E-state index contributed by atoms with van der Waals surface area (Å²) < 4.78 is 11.1. The molecule has 0 bridgehead atoms. The van der Waals surface area contributed by atoms with Crippen molar-refractivity contribution in [3.63, 3.8) is 0 Å². The summed E-state index contributed by atoms with van der Waals surface area (Å²) in [5.74, 6) is 0.470. The zero-order valence-electron chi connectivity index (χ0n) is 15.0. The summed E-state index contributed by atoms with van der Waals surface area (Å²) in [6, 6.07) is 14.3. The predicted molar refractivity (Wildman–Crippen MR) is 101 cm³/mol. The molecule has 2 atom stereocenters. The van der Waals surface area contributed by atoms with E-state index >= 15 is 0 Å². The van der Waals surface area contributed by atoms with E-state index in [9.17, 15) is 4.79 Å². The zero-order chi connectivity index (χ0) is 17.8. The number of ether oxygens (including phenoxy) is 2. The van der Waals surface area contributed by atoms with Crippen molar-refractivity contribution in [1.82, 2.24) is 10.2 Å². The summed E-state index contributed by atoms with van der Waals surface area (Å²) in [7, 11) is 0. The lowest BCUT2D eigenvalue weighted by Gasteiger charge is -2.37. The minimum Gasteiger partial charge on any atom is -0.381 e. The first kappa shape index (κ1) is 17.5. The third-order valence-electron chi connectivity index (χ3n) is 5.51. The lowest BCUT2D eigenvalue weighted by Crippen LogP contribution is -2.52. The summed E-state index contributed by atoms with van der Waals surface area (Å²) in [6.45, 7) is 5.64. The molecule has 2 unspecified atom stereocenters. The van der Waals surface area contributed by atoms with E-state index in [0.29, 0.717) is 24.1 Å². The van der Waals surface area contributed by atoms with Gasteiger partial charge in [0.25, 0.3) is 5.91 Å². The molecule has 2 heterocycles. The summed E-state index contributed by atoms with van der Waals surface area (Å²) in [4.78, 5) is 15.2. The molecule has 5 heteroatoms. The first-order valence-electron chi connectivity index (χ1n) is 9.48. The normalized spacial score (nSPS) is 22.4. The van der Waals surface area contributed by atoms with E-state index in [0.717, 1.165) is 56.7 Å². The topological polar surface area (TPSA) is 50.8 Å². The van der Waals surface area contributed by atoms with Crippen molar-refractivity contribution < 1.29 is 14.3 Å². The number of morpholine rings is 1. The number of nitrogens with zero attached hydrogens (tertiary/aromatic N) is 1. The van der Waals surface area contributed by atoms with Gasteiger partial charge >= 0.3 is 0 Å². The largest absolute Gasteiger partial charge is 0.381 e. The molecule has 1 N–H and O–H groups in total. The molecular formula is C21H26N2O3. The molecule has 2 aliphatic rings. The van der Waals surface area contributed by atoms with Crippen molar-refractivity contribution in [2.75, 3.05) is 46.1 Å². The Hall–Kier alpha value is -1.95. The predicted octanol–water partition coefficient (Wildman–Crippen LogP) is 2.31. The third-order valence-corrected chi connectivity index (χ3v) is 5.51. The smallest absolute Gasteiger partial charge is 0.251 e. The quantitative estimate of drug-likeness (QED) is 0.895. The van der Waals surface area contributed by atoms with E-state index in [2.05, 4.69) is 16.3 Å². The minimum absolute atomic E-state index is 0.00655. The van der Waals surface area contributed by atoms with Gasteiger partial charge in [-0.3, -0.25) is 9.69 Å². The average molecular weight is 354 g/mol. The SMILES string of the molecule is O=C(NCC(C1CCOC1)N1CCOCC1)c1ccc2ccccc2c1. The van der Waals surface area contributed by atoms with Gasteiger partial charge in [-0.05, 0) is 29.3 Å². The van der Waals surface area contributed by atoms with Crippen LogP contribution >= 0.6 is 0 Å². The maximum atomic E-state index is 12.7. The van der Waals surface area contributed by atoms with E-state index in [-0.39, 0.29) is 5.91 Å². The second-order valence-electron chi connectivity index (χ2n) is 7.11. The van der Waals surface area contributed by atoms with Crippen LogP contribution in [0.25, 0.3) is 10.8 Å². The number of hydrogen-bond donors (Lipinski definition) is 1. The van der Waals surface area contributed by atoms with E-state index in [4.69, 9.17) is 9.47 Å². The number of amides is 1. The van der Waals surface area contributed by atoms with Gasteiger partial charge in [0.1, 0.15) is 0 Å². The van der Waals surface area contributed by atoms with Crippen LogP contribution in [0.1, 0.15) is 16.8 Å². The van der Waals surface area contributed by atoms with Crippen LogP contribution in [-0.2, 0) is 9.47 Å². The van der Waals surface area contributed by atoms with Crippen LogP contribution < -0.4 is 5.32 Å². The number of carbonyl (C=O) groups excluding carboxylic acids is 1. The second-order valence-corrected chi connectivity index (χ2v) is 7.11. The number of rotatable bonds is 5. The molecule has 26 heavy (non-hydrogen) atoms. The monoisotopic (exact) mass is 354 g/mol. The van der Waals surface area contributed by atoms with Gasteiger partial charge in [-0.15, -0.1) is 0 Å². The summed E-state index contributed by atoms with van der Waals surface area (Å²) in [6.07, 6.45) is 1.06.